The van der Waals surface area contributed by atoms with Crippen molar-refractivity contribution in [3.63, 3.8) is 0 Å². The number of nitrogens with zero attached hydrogens (tertiary/aromatic N) is 1. The molecule has 3 rings (SSSR count). The quantitative estimate of drug-likeness (QED) is 0.204. The summed E-state index contributed by atoms with van der Waals surface area (Å²) in [5.41, 5.74) is 1.82. The normalized spacial score (nSPS) is 15.1. The minimum Gasteiger partial charge on any atom is -0.497 e. The Hall–Kier alpha value is -2.93. The first-order valence-corrected chi connectivity index (χ1v) is 14.0. The smallest absolute Gasteiger partial charge is 0.220 e. The number of Topliss-reactive ketones (excluding diaryl/α,β-unsaturated/α-hetero) is 1. The topological polar surface area (TPSA) is 67.9 Å². The van der Waals surface area contributed by atoms with E-state index in [0.29, 0.717) is 50.7 Å². The van der Waals surface area contributed by atoms with Gasteiger partial charge >= 0.3 is 0 Å². The molecule has 208 valence electrons. The average Bonchev–Trinajstić information content (AvgIpc) is 3.46. The molecule has 1 aliphatic rings. The first-order valence-electron chi connectivity index (χ1n) is 14.0. The van der Waals surface area contributed by atoms with Crippen molar-refractivity contribution in [3.05, 3.63) is 59.7 Å². The molecule has 6 nitrogen and oxygen atoms in total. The lowest BCUT2D eigenvalue weighted by atomic mass is 9.92. The summed E-state index contributed by atoms with van der Waals surface area (Å²) in [6.07, 6.45) is 5.81. The number of nitrogens with one attached hydrogen (secondary N) is 1. The molecule has 38 heavy (non-hydrogen) atoms. The number of methoxy groups -OCH3 is 1. The largest absolute Gasteiger partial charge is 0.497 e. The predicted octanol–water partition coefficient (Wildman–Crippen LogP) is 5.95. The molecule has 0 saturated carbocycles. The fourth-order valence-corrected chi connectivity index (χ4v) is 4.83. The molecule has 0 aliphatic carbocycles. The zero-order chi connectivity index (χ0) is 27.2. The third-order valence-corrected chi connectivity index (χ3v) is 7.28. The molecular weight excluding hydrogens is 483 g/mol. The molecule has 7 heteroatoms. The second-order valence-electron chi connectivity index (χ2n) is 10.1. The number of amides is 1. The van der Waals surface area contributed by atoms with Crippen molar-refractivity contribution in [2.24, 2.45) is 0 Å². The molecule has 2 aromatic carbocycles. The van der Waals surface area contributed by atoms with Crippen molar-refractivity contribution in [2.75, 3.05) is 40.0 Å². The highest BCUT2D eigenvalue weighted by molar-refractivity contribution is 5.96. The summed E-state index contributed by atoms with van der Waals surface area (Å²) in [6, 6.07) is 15.2. The highest BCUT2D eigenvalue weighted by Crippen LogP contribution is 2.24. The molecule has 0 bridgehead atoms. The van der Waals surface area contributed by atoms with Gasteiger partial charge in [-0.2, -0.15) is 0 Å². The zero-order valence-electron chi connectivity index (χ0n) is 22.9. The van der Waals surface area contributed by atoms with E-state index in [2.05, 4.69) is 29.3 Å². The maximum atomic E-state index is 12.9. The van der Waals surface area contributed by atoms with E-state index in [0.717, 1.165) is 36.7 Å². The minimum atomic E-state index is -0.314. The SMILES string of the molecule is COc1ccc(C(=O)CCCCC(=O)N[C@H](CN2CCCC2)[C@H](C)c2ccc(OCCCCF)cc2)cc1. The van der Waals surface area contributed by atoms with Crippen LogP contribution in [0.2, 0.25) is 0 Å². The highest BCUT2D eigenvalue weighted by atomic mass is 19.1. The molecule has 1 heterocycles. The van der Waals surface area contributed by atoms with Crippen LogP contribution < -0.4 is 14.8 Å². The lowest BCUT2D eigenvalue weighted by molar-refractivity contribution is -0.122. The maximum absolute atomic E-state index is 12.9. The Bertz CT molecular complexity index is 974. The predicted molar refractivity (Wildman–Crippen MR) is 149 cm³/mol. The van der Waals surface area contributed by atoms with Gasteiger partial charge < -0.3 is 19.7 Å². The van der Waals surface area contributed by atoms with Gasteiger partial charge in [0.15, 0.2) is 5.78 Å². The first kappa shape index (κ1) is 29.6. The maximum Gasteiger partial charge on any atom is 0.220 e. The highest BCUT2D eigenvalue weighted by Gasteiger charge is 2.25. The number of halogens is 1. The van der Waals surface area contributed by atoms with Crippen LogP contribution in [0.15, 0.2) is 48.5 Å². The van der Waals surface area contributed by atoms with Gasteiger partial charge in [0.05, 0.1) is 20.4 Å². The molecule has 2 aromatic rings. The molecule has 1 fully saturated rings. The van der Waals surface area contributed by atoms with Crippen molar-refractivity contribution >= 4 is 11.7 Å². The summed E-state index contributed by atoms with van der Waals surface area (Å²) < 4.78 is 23.1. The van der Waals surface area contributed by atoms with Crippen molar-refractivity contribution in [3.8, 4) is 11.5 Å². The van der Waals surface area contributed by atoms with E-state index < -0.39 is 0 Å². The van der Waals surface area contributed by atoms with Crippen LogP contribution in [0.4, 0.5) is 4.39 Å². The Morgan fingerprint density at radius 2 is 1.58 bits per heavy atom. The number of carbonyl (C=O) groups excluding carboxylic acids is 2. The number of hydrogen-bond donors (Lipinski definition) is 1. The summed E-state index contributed by atoms with van der Waals surface area (Å²) in [7, 11) is 1.60. The lowest BCUT2D eigenvalue weighted by Crippen LogP contribution is -2.46. The van der Waals surface area contributed by atoms with Crippen LogP contribution in [0, 0.1) is 0 Å². The van der Waals surface area contributed by atoms with E-state index in [1.807, 2.05) is 12.1 Å². The van der Waals surface area contributed by atoms with Gasteiger partial charge in [-0.3, -0.25) is 14.0 Å². The van der Waals surface area contributed by atoms with Crippen molar-refractivity contribution in [1.29, 1.82) is 0 Å². The average molecular weight is 527 g/mol. The molecule has 2 atom stereocenters. The Labute approximate surface area is 226 Å². The summed E-state index contributed by atoms with van der Waals surface area (Å²) in [4.78, 5) is 27.8. The van der Waals surface area contributed by atoms with Crippen molar-refractivity contribution in [2.45, 2.75) is 70.3 Å². The molecule has 0 unspecified atom stereocenters. The Balaban J connectivity index is 1.49. The van der Waals surface area contributed by atoms with E-state index >= 15 is 0 Å². The second kappa shape index (κ2) is 16.1. The van der Waals surface area contributed by atoms with Gasteiger partial charge in [-0.1, -0.05) is 19.1 Å². The summed E-state index contributed by atoms with van der Waals surface area (Å²) in [6.45, 7) is 5.32. The van der Waals surface area contributed by atoms with Crippen molar-refractivity contribution in [1.82, 2.24) is 10.2 Å². The van der Waals surface area contributed by atoms with Gasteiger partial charge in [-0.25, -0.2) is 0 Å². The van der Waals surface area contributed by atoms with Gasteiger partial charge in [0, 0.05) is 36.9 Å². The molecular formula is C31H43FN2O4. The second-order valence-corrected chi connectivity index (χ2v) is 10.1. The van der Waals surface area contributed by atoms with Crippen LogP contribution in [0.25, 0.3) is 0 Å². The van der Waals surface area contributed by atoms with Gasteiger partial charge in [0.2, 0.25) is 5.91 Å². The number of benzene rings is 2. The third kappa shape index (κ3) is 9.75. The number of likely N-dealkylation sites (tertiary alicyclic amines) is 1. The Morgan fingerprint density at radius 3 is 2.24 bits per heavy atom. The summed E-state index contributed by atoms with van der Waals surface area (Å²) in [5.74, 6) is 1.76. The molecule has 1 saturated heterocycles. The molecule has 1 aliphatic heterocycles. The summed E-state index contributed by atoms with van der Waals surface area (Å²) >= 11 is 0. The minimum absolute atomic E-state index is 0.00199. The number of unbranched alkanes of at least 4 members (excludes halogenated alkanes) is 2. The van der Waals surface area contributed by atoms with E-state index in [4.69, 9.17) is 9.47 Å². The van der Waals surface area contributed by atoms with E-state index in [1.54, 1.807) is 31.4 Å². The van der Waals surface area contributed by atoms with E-state index in [9.17, 15) is 14.0 Å². The van der Waals surface area contributed by atoms with Crippen LogP contribution in [0.1, 0.15) is 80.1 Å². The lowest BCUT2D eigenvalue weighted by Gasteiger charge is -2.30. The van der Waals surface area contributed by atoms with Crippen molar-refractivity contribution < 1.29 is 23.5 Å². The zero-order valence-corrected chi connectivity index (χ0v) is 22.9. The number of ether oxygens (including phenoxy) is 2. The molecule has 0 spiro atoms. The van der Waals surface area contributed by atoms with Gasteiger partial charge in [-0.15, -0.1) is 0 Å². The number of carbonyl (C=O) groups is 2. The van der Waals surface area contributed by atoms with E-state index in [1.165, 1.54) is 12.8 Å². The molecule has 1 amide bonds. The van der Waals surface area contributed by atoms with Crippen LogP contribution in [0.5, 0.6) is 11.5 Å². The molecule has 0 aromatic heterocycles. The Kier molecular flexibility index (Phi) is 12.6. The fourth-order valence-electron chi connectivity index (χ4n) is 4.83. The van der Waals surface area contributed by atoms with Gasteiger partial charge in [0.25, 0.3) is 0 Å². The van der Waals surface area contributed by atoms with Crippen LogP contribution in [-0.4, -0.2) is 62.7 Å². The van der Waals surface area contributed by atoms with Gasteiger partial charge in [0.1, 0.15) is 11.5 Å². The Morgan fingerprint density at radius 1 is 0.921 bits per heavy atom. The fraction of sp³-hybridized carbons (Fsp3) is 0.548. The molecule has 0 radical (unpaired) electrons. The number of hydrogen-bond acceptors (Lipinski definition) is 5. The molecule has 1 N–H and O–H groups in total. The number of rotatable bonds is 17. The first-order chi connectivity index (χ1) is 18.5. The monoisotopic (exact) mass is 526 g/mol. The number of alkyl halides is 1. The van der Waals surface area contributed by atoms with Gasteiger partial charge in [-0.05, 0) is 93.6 Å². The van der Waals surface area contributed by atoms with E-state index in [-0.39, 0.29) is 30.3 Å². The third-order valence-electron chi connectivity index (χ3n) is 7.28. The number of ketones is 1. The summed E-state index contributed by atoms with van der Waals surface area (Å²) in [5, 5.41) is 3.29. The standard InChI is InChI=1S/C31H43FN2O4/c1-24(25-11-17-28(18-12-25)38-22-8-5-19-32)29(23-34-20-6-7-21-34)33-31(36)10-4-3-9-30(35)26-13-15-27(37-2)16-14-26/h11-18,24,29H,3-10,19-23H2,1-2H3,(H,33,36)/t24-,29-/m1/s1. The van der Waals surface area contributed by atoms with Crippen LogP contribution in [0.3, 0.4) is 0 Å². The van der Waals surface area contributed by atoms with Crippen LogP contribution in [-0.2, 0) is 4.79 Å². The van der Waals surface area contributed by atoms with Crippen LogP contribution >= 0.6 is 0 Å².